The number of aromatic nitrogens is 4. The monoisotopic (exact) mass is 1560 g/mol. The maximum atomic E-state index is 12.5. The van der Waals surface area contributed by atoms with Crippen LogP contribution in [0.15, 0.2) is 115 Å². The number of hydrogen-bond donors (Lipinski definition) is 5. The Morgan fingerprint density at radius 1 is 0.505 bits per heavy atom. The van der Waals surface area contributed by atoms with E-state index in [2.05, 4.69) is 15.0 Å². The van der Waals surface area contributed by atoms with Crippen LogP contribution >= 0.6 is 22.7 Å². The van der Waals surface area contributed by atoms with Gasteiger partial charge >= 0.3 is 58.3 Å². The summed E-state index contributed by atoms with van der Waals surface area (Å²) in [6.07, 6.45) is 13.2. The highest BCUT2D eigenvalue weighted by Gasteiger charge is 2.42. The minimum absolute atomic E-state index is 0.0331. The molecule has 4 aromatic carbocycles. The molecule has 3 aromatic heterocycles. The minimum atomic E-state index is -3.71. The number of Topliss-reactive ketones (excluding diaryl/α,β-unsaturated/α-hetero) is 4. The van der Waals surface area contributed by atoms with E-state index < -0.39 is 97.9 Å². The summed E-state index contributed by atoms with van der Waals surface area (Å²) >= 11 is 3.04. The number of nitrogens with two attached hydrogens (primary N) is 1. The summed E-state index contributed by atoms with van der Waals surface area (Å²) in [4.78, 5) is 123. The molecule has 0 saturated carbocycles. The van der Waals surface area contributed by atoms with Crippen molar-refractivity contribution in [2.45, 2.75) is 161 Å². The highest BCUT2D eigenvalue weighted by atomic mass is 32.2. The van der Waals surface area contributed by atoms with Gasteiger partial charge in [0.1, 0.15) is 68.4 Å². The SMILES string of the molecule is CC(C)(C)C(=O)OCOC(=O)c1cccc2c1OB(O)[C@@H](CC(=O)CCc1cncs1)C2.CCOC(=O)c1cccc2c1OB(O)[C@@H](CC(=O)CCS(N)(=O)=O)C2.CCOC(=O)c1cccc2c1OB(O)[C@@H](CC(=O)CCc1cncs1)C2.CCOC(=O)c1cccc2c1OB(O)[C@@H](CC(=O)CCn1ccnc1)C2. The molecule has 11 rings (SSSR count). The lowest BCUT2D eigenvalue weighted by molar-refractivity contribution is -0.161. The molecule has 0 saturated heterocycles. The molecule has 0 radical (unpaired) electrons. The molecule has 29 nitrogen and oxygen atoms in total. The number of rotatable bonds is 29. The number of ether oxygens (including phenoxy) is 5. The van der Waals surface area contributed by atoms with Crippen molar-refractivity contribution in [1.29, 1.82) is 0 Å². The molecule has 36 heteroatoms. The second kappa shape index (κ2) is 40.9. The summed E-state index contributed by atoms with van der Waals surface area (Å²) in [5.41, 5.74) is 6.71. The summed E-state index contributed by atoms with van der Waals surface area (Å²) in [6.45, 7) is 11.0. The number of ketones is 4. The number of carbonyl (C=O) groups excluding carboxylic acids is 9. The molecule has 0 aliphatic carbocycles. The largest absolute Gasteiger partial charge is 0.535 e. The van der Waals surface area contributed by atoms with Crippen LogP contribution in [-0.2, 0) is 103 Å². The third-order valence-corrected chi connectivity index (χ3v) is 20.1. The summed E-state index contributed by atoms with van der Waals surface area (Å²) < 4.78 is 70.9. The third kappa shape index (κ3) is 25.6. The van der Waals surface area contributed by atoms with Crippen LogP contribution in [0.5, 0.6) is 23.0 Å². The number of para-hydroxylation sites is 4. The minimum Gasteiger partial charge on any atom is -0.535 e. The number of benzene rings is 4. The predicted octanol–water partition coefficient (Wildman–Crippen LogP) is 8.10. The Bertz CT molecular complexity index is 4260. The Balaban J connectivity index is 0.000000184. The van der Waals surface area contributed by atoms with Crippen LogP contribution in [0.1, 0.15) is 166 Å². The molecule has 4 atom stereocenters. The van der Waals surface area contributed by atoms with Crippen molar-refractivity contribution < 1.29 is 114 Å². The quantitative estimate of drug-likeness (QED) is 0.0128. The number of aryl methyl sites for hydroxylation is 3. The van der Waals surface area contributed by atoms with Crippen molar-refractivity contribution in [2.24, 2.45) is 10.6 Å². The van der Waals surface area contributed by atoms with Gasteiger partial charge in [-0.2, -0.15) is 0 Å². The number of fused-ring (bicyclic) bond motifs is 4. The van der Waals surface area contributed by atoms with Crippen molar-refractivity contribution in [3.8, 4) is 23.0 Å². The van der Waals surface area contributed by atoms with Gasteiger partial charge in [-0.05, 0) is 127 Å². The average Bonchev–Trinajstić information content (AvgIpc) is 1.70. The number of primary sulfonamides is 1. The van der Waals surface area contributed by atoms with Crippen molar-refractivity contribution >= 4 is 114 Å². The second-order valence-corrected chi connectivity index (χ2v) is 30.7. The number of carbonyl (C=O) groups is 9. The smallest absolute Gasteiger partial charge is 0.526 e. The predicted molar refractivity (Wildman–Crippen MR) is 402 cm³/mol. The number of imidazole rings is 1. The molecule has 0 amide bonds. The highest BCUT2D eigenvalue weighted by molar-refractivity contribution is 7.89. The fraction of sp³-hybridized carbons (Fsp3) is 0.425. The summed E-state index contributed by atoms with van der Waals surface area (Å²) in [7, 11) is -8.45. The summed E-state index contributed by atoms with van der Waals surface area (Å²) in [6, 6.07) is 20.4. The van der Waals surface area contributed by atoms with Crippen molar-refractivity contribution in [3.63, 3.8) is 0 Å². The first kappa shape index (κ1) is 85.2. The van der Waals surface area contributed by atoms with E-state index >= 15 is 0 Å². The van der Waals surface area contributed by atoms with Crippen LogP contribution in [0.3, 0.4) is 0 Å². The second-order valence-electron chi connectivity index (χ2n) is 27.0. The van der Waals surface area contributed by atoms with Gasteiger partial charge in [-0.25, -0.2) is 37.7 Å². The van der Waals surface area contributed by atoms with Crippen LogP contribution in [0.25, 0.3) is 0 Å². The highest BCUT2D eigenvalue weighted by Crippen LogP contribution is 2.41. The van der Waals surface area contributed by atoms with Gasteiger partial charge in [0.25, 0.3) is 0 Å². The molecule has 0 spiro atoms. The summed E-state index contributed by atoms with van der Waals surface area (Å²) in [5.74, 6) is -3.74. The number of hydrogen-bond acceptors (Lipinski definition) is 29. The normalized spacial score (nSPS) is 16.0. The maximum Gasteiger partial charge on any atom is 0.526 e. The van der Waals surface area contributed by atoms with Crippen LogP contribution in [0, 0.1) is 5.41 Å². The van der Waals surface area contributed by atoms with Crippen LogP contribution in [-0.4, -0.2) is 162 Å². The zero-order chi connectivity index (χ0) is 79.0. The number of esters is 5. The van der Waals surface area contributed by atoms with E-state index in [1.165, 1.54) is 28.7 Å². The molecule has 6 N–H and O–H groups in total. The Morgan fingerprint density at radius 3 is 1.15 bits per heavy atom. The van der Waals surface area contributed by atoms with Gasteiger partial charge in [0.15, 0.2) is 0 Å². The fourth-order valence-electron chi connectivity index (χ4n) is 12.1. The van der Waals surface area contributed by atoms with E-state index in [9.17, 15) is 71.7 Å². The van der Waals surface area contributed by atoms with Gasteiger partial charge in [-0.15, -0.1) is 22.7 Å². The van der Waals surface area contributed by atoms with Gasteiger partial charge < -0.3 is 67.0 Å². The van der Waals surface area contributed by atoms with Crippen molar-refractivity contribution in [3.05, 3.63) is 169 Å². The number of thiazole rings is 2. The molecule has 7 aromatic rings. The lowest BCUT2D eigenvalue weighted by atomic mass is 9.64. The fourth-order valence-corrected chi connectivity index (χ4v) is 13.8. The molecular weight excluding hydrogens is 1470 g/mol. The van der Waals surface area contributed by atoms with Gasteiger partial charge in [-0.3, -0.25) is 33.9 Å². The maximum absolute atomic E-state index is 12.5. The molecule has 7 heterocycles. The topological polar surface area (TPSA) is 421 Å². The van der Waals surface area contributed by atoms with E-state index in [1.54, 1.807) is 138 Å². The van der Waals surface area contributed by atoms with Crippen LogP contribution in [0.4, 0.5) is 0 Å². The Hall–Kier alpha value is -9.41. The zero-order valence-corrected chi connectivity index (χ0v) is 63.7. The Kier molecular flexibility index (Phi) is 31.9. The standard InChI is InChI=1S/C22H26BNO7S.C18H21BN2O5.C18H20BNO5S.C15H20BNO7S/c1-22(2,3)21(27)30-13-29-20(26)18-6-4-5-14-9-15(23(28)31-19(14)18)10-16(25)7-8-17-11-24-12-32-17;1-2-25-18(23)16-5-3-4-13-10-14(19(24)26-17(13)16)11-15(22)6-8-21-9-7-20-12-21;1-2-24-18(22)16-5-3-4-12-8-13(19(23)25-17(12)16)9-14(21)6-7-15-10-20-11-26-15;1-2-23-15(19)13-5-3-4-10-8-11(16(20)24-14(10)13)9-12(18)6-7-25(17,21)22/h4-6,11-12,15,28H,7-10,13H2,1-3H3;3-5,7,9,12,14,24H,2,6,8,10-11H2,1H3;3-5,10-11,13,23H,2,6-9H2,1H3;3-5,11,20H,2,6-9H2,1H3,(H2,17,21,22)/t15-;14-;13-;11-/m1111/s1. The van der Waals surface area contributed by atoms with Gasteiger partial charge in [0.2, 0.25) is 16.8 Å². The van der Waals surface area contributed by atoms with E-state index in [0.29, 0.717) is 98.1 Å². The lowest BCUT2D eigenvalue weighted by Gasteiger charge is -2.28. The number of sulfonamides is 1. The van der Waals surface area contributed by atoms with Gasteiger partial charge in [-0.1, -0.05) is 48.5 Å². The van der Waals surface area contributed by atoms with E-state index in [4.69, 9.17) is 47.4 Å². The first-order chi connectivity index (χ1) is 52.0. The molecule has 4 aliphatic heterocycles. The molecule has 4 aliphatic rings. The Morgan fingerprint density at radius 2 is 0.844 bits per heavy atom. The van der Waals surface area contributed by atoms with Crippen molar-refractivity contribution in [1.82, 2.24) is 19.5 Å². The average molecular weight is 1560 g/mol. The molecule has 0 unspecified atom stereocenters. The lowest BCUT2D eigenvalue weighted by Crippen LogP contribution is -2.36. The third-order valence-electron chi connectivity index (χ3n) is 17.7. The molecule has 0 fully saturated rings. The molecular formula is C73H87B4N5O24S3. The van der Waals surface area contributed by atoms with E-state index in [1.807, 2.05) is 16.7 Å². The van der Waals surface area contributed by atoms with Gasteiger partial charge in [0.05, 0.1) is 48.3 Å². The molecule has 0 bridgehead atoms. The summed E-state index contributed by atoms with van der Waals surface area (Å²) in [5, 5.41) is 46.1. The van der Waals surface area contributed by atoms with Gasteiger partial charge in [0, 0.05) is 116 Å². The van der Waals surface area contributed by atoms with Crippen molar-refractivity contribution in [2.75, 3.05) is 32.4 Å². The van der Waals surface area contributed by atoms with Crippen LogP contribution < -0.4 is 23.8 Å². The van der Waals surface area contributed by atoms with Crippen LogP contribution in [0.2, 0.25) is 23.3 Å². The first-order valence-electron chi connectivity index (χ1n) is 35.5. The zero-order valence-electron chi connectivity index (χ0n) is 61.3. The molecule has 109 heavy (non-hydrogen) atoms. The van der Waals surface area contributed by atoms with E-state index in [-0.39, 0.29) is 109 Å². The first-order valence-corrected chi connectivity index (χ1v) is 39.0. The number of nitrogens with zero attached hydrogens (tertiary/aromatic N) is 4. The van der Waals surface area contributed by atoms with E-state index in [0.717, 1.165) is 20.9 Å². The molecule has 578 valence electrons. The Labute approximate surface area is 640 Å².